The predicted molar refractivity (Wildman–Crippen MR) is 120 cm³/mol. The van der Waals surface area contributed by atoms with Crippen molar-refractivity contribution in [2.75, 3.05) is 33.9 Å². The molecule has 0 unspecified atom stereocenters. The summed E-state index contributed by atoms with van der Waals surface area (Å²) >= 11 is 1.45. The van der Waals surface area contributed by atoms with Crippen LogP contribution in [0.15, 0.2) is 24.4 Å². The quantitative estimate of drug-likeness (QED) is 0.532. The second kappa shape index (κ2) is 9.24. The lowest BCUT2D eigenvalue weighted by atomic mass is 9.96. The van der Waals surface area contributed by atoms with Crippen molar-refractivity contribution in [3.8, 4) is 0 Å². The molecule has 0 radical (unpaired) electrons. The van der Waals surface area contributed by atoms with Gasteiger partial charge in [0.25, 0.3) is 5.91 Å². The first-order valence-corrected chi connectivity index (χ1v) is 11.0. The van der Waals surface area contributed by atoms with Crippen LogP contribution in [0.1, 0.15) is 48.8 Å². The molecule has 3 rings (SSSR count). The summed E-state index contributed by atoms with van der Waals surface area (Å²) in [5.41, 5.74) is 3.30. The average molecular weight is 417 g/mol. The van der Waals surface area contributed by atoms with E-state index in [9.17, 15) is 4.79 Å². The number of methoxy groups -OCH3 is 1. The van der Waals surface area contributed by atoms with Gasteiger partial charge in [0.2, 0.25) is 0 Å². The first-order valence-electron chi connectivity index (χ1n) is 10.1. The van der Waals surface area contributed by atoms with Crippen LogP contribution in [-0.4, -0.2) is 54.0 Å². The summed E-state index contributed by atoms with van der Waals surface area (Å²) < 4.78 is 7.12. The molecular weight excluding hydrogens is 384 g/mol. The second-order valence-corrected chi connectivity index (χ2v) is 9.79. The Morgan fingerprint density at radius 3 is 2.83 bits per heavy atom. The monoisotopic (exact) mass is 416 g/mol. The number of rotatable bonds is 9. The molecule has 3 aromatic rings. The van der Waals surface area contributed by atoms with Gasteiger partial charge in [-0.15, -0.1) is 0 Å². The maximum absolute atomic E-state index is 12.8. The van der Waals surface area contributed by atoms with Crippen molar-refractivity contribution in [1.29, 1.82) is 0 Å². The van der Waals surface area contributed by atoms with E-state index in [1.54, 1.807) is 12.0 Å². The average Bonchev–Trinajstić information content (AvgIpc) is 3.20. The summed E-state index contributed by atoms with van der Waals surface area (Å²) in [6.07, 6.45) is 4.10. The predicted octanol–water partition coefficient (Wildman–Crippen LogP) is 4.18. The number of fused-ring (bicyclic) bond motifs is 3. The maximum atomic E-state index is 12.8. The highest BCUT2D eigenvalue weighted by molar-refractivity contribution is 7.18. The number of hydrogen-bond donors (Lipinski definition) is 1. The van der Waals surface area contributed by atoms with Crippen LogP contribution in [0.5, 0.6) is 0 Å². The van der Waals surface area contributed by atoms with Crippen LogP contribution in [0.25, 0.3) is 16.0 Å². The summed E-state index contributed by atoms with van der Waals surface area (Å²) in [5, 5.41) is 3.48. The van der Waals surface area contributed by atoms with Gasteiger partial charge in [-0.25, -0.2) is 4.98 Å². The standard InChI is InChI=1S/C22H32N4O2S/c1-22(2,3)15-25(4)20(27)19-14-26-18-12-16(13-23-10-6-7-11-28-5)8-9-17(18)24-21(26)29-19/h8-9,12,14,23H,6-7,10-11,13,15H2,1-5H3. The molecule has 0 aliphatic carbocycles. The number of aromatic nitrogens is 2. The summed E-state index contributed by atoms with van der Waals surface area (Å²) in [6.45, 7) is 9.73. The minimum Gasteiger partial charge on any atom is -0.385 e. The van der Waals surface area contributed by atoms with Gasteiger partial charge < -0.3 is 15.0 Å². The smallest absolute Gasteiger partial charge is 0.265 e. The van der Waals surface area contributed by atoms with Crippen LogP contribution < -0.4 is 5.32 Å². The van der Waals surface area contributed by atoms with E-state index in [4.69, 9.17) is 9.72 Å². The minimum atomic E-state index is 0.0532. The van der Waals surface area contributed by atoms with Crippen molar-refractivity contribution in [3.05, 3.63) is 34.8 Å². The number of hydrogen-bond acceptors (Lipinski definition) is 5. The summed E-state index contributed by atoms with van der Waals surface area (Å²) in [6, 6.07) is 6.34. The zero-order valence-corrected chi connectivity index (χ0v) is 18.9. The van der Waals surface area contributed by atoms with Crippen molar-refractivity contribution < 1.29 is 9.53 Å². The van der Waals surface area contributed by atoms with Crippen LogP contribution in [0.4, 0.5) is 0 Å². The van der Waals surface area contributed by atoms with Crippen molar-refractivity contribution in [1.82, 2.24) is 19.6 Å². The molecule has 1 N–H and O–H groups in total. The van der Waals surface area contributed by atoms with Crippen LogP contribution in [0.2, 0.25) is 0 Å². The van der Waals surface area contributed by atoms with E-state index in [-0.39, 0.29) is 11.3 Å². The Balaban J connectivity index is 1.72. The zero-order chi connectivity index (χ0) is 21.0. The van der Waals surface area contributed by atoms with E-state index in [0.29, 0.717) is 6.54 Å². The molecule has 0 aliphatic rings. The lowest BCUT2D eigenvalue weighted by molar-refractivity contribution is 0.0750. The molecule has 0 saturated carbocycles. The number of carbonyl (C=O) groups excluding carboxylic acids is 1. The third-order valence-corrected chi connectivity index (χ3v) is 5.69. The van der Waals surface area contributed by atoms with Gasteiger partial charge in [0, 0.05) is 40.1 Å². The molecule has 2 aromatic heterocycles. The van der Waals surface area contributed by atoms with E-state index in [2.05, 4.69) is 44.3 Å². The largest absolute Gasteiger partial charge is 0.385 e. The fourth-order valence-corrected chi connectivity index (χ4v) is 4.46. The number of imidazole rings is 1. The summed E-state index contributed by atoms with van der Waals surface area (Å²) in [4.78, 5) is 20.9. The number of nitrogens with one attached hydrogen (secondary N) is 1. The highest BCUT2D eigenvalue weighted by Gasteiger charge is 2.21. The van der Waals surface area contributed by atoms with Gasteiger partial charge in [-0.05, 0) is 42.5 Å². The molecule has 29 heavy (non-hydrogen) atoms. The zero-order valence-electron chi connectivity index (χ0n) is 18.1. The topological polar surface area (TPSA) is 58.9 Å². The summed E-state index contributed by atoms with van der Waals surface area (Å²) in [7, 11) is 3.60. The molecule has 0 spiro atoms. The third kappa shape index (κ3) is 5.56. The van der Waals surface area contributed by atoms with Crippen LogP contribution in [0, 0.1) is 5.41 Å². The van der Waals surface area contributed by atoms with E-state index in [1.165, 1.54) is 16.9 Å². The number of unbranched alkanes of at least 4 members (excludes halogenated alkanes) is 1. The summed E-state index contributed by atoms with van der Waals surface area (Å²) in [5.74, 6) is 0.0532. The Morgan fingerprint density at radius 1 is 1.31 bits per heavy atom. The molecule has 1 aromatic carbocycles. The van der Waals surface area contributed by atoms with Crippen LogP contribution in [-0.2, 0) is 11.3 Å². The van der Waals surface area contributed by atoms with Gasteiger partial charge in [0.05, 0.1) is 11.0 Å². The van der Waals surface area contributed by atoms with Gasteiger partial charge in [0.1, 0.15) is 4.88 Å². The van der Waals surface area contributed by atoms with Crippen molar-refractivity contribution >= 4 is 33.2 Å². The molecular formula is C22H32N4O2S. The number of benzene rings is 1. The first-order chi connectivity index (χ1) is 13.8. The van der Waals surface area contributed by atoms with Gasteiger partial charge in [-0.2, -0.15) is 0 Å². The lowest BCUT2D eigenvalue weighted by Gasteiger charge is -2.26. The molecule has 1 amide bonds. The molecule has 0 bridgehead atoms. The van der Waals surface area contributed by atoms with E-state index < -0.39 is 0 Å². The molecule has 0 aliphatic heterocycles. The Hall–Kier alpha value is -1.96. The molecule has 0 saturated heterocycles. The molecule has 158 valence electrons. The molecule has 2 heterocycles. The molecule has 7 heteroatoms. The highest BCUT2D eigenvalue weighted by Crippen LogP contribution is 2.26. The highest BCUT2D eigenvalue weighted by atomic mass is 32.1. The molecule has 0 fully saturated rings. The number of thiazole rings is 1. The van der Waals surface area contributed by atoms with E-state index >= 15 is 0 Å². The maximum Gasteiger partial charge on any atom is 0.265 e. The van der Waals surface area contributed by atoms with Gasteiger partial charge in [-0.1, -0.05) is 38.2 Å². The first kappa shape index (κ1) is 21.7. The Labute approximate surface area is 176 Å². The Morgan fingerprint density at radius 2 is 2.10 bits per heavy atom. The van der Waals surface area contributed by atoms with Gasteiger partial charge in [0.15, 0.2) is 4.96 Å². The molecule has 6 nitrogen and oxygen atoms in total. The van der Waals surface area contributed by atoms with Crippen LogP contribution >= 0.6 is 11.3 Å². The van der Waals surface area contributed by atoms with Crippen molar-refractivity contribution in [3.63, 3.8) is 0 Å². The third-order valence-electron chi connectivity index (χ3n) is 4.72. The van der Waals surface area contributed by atoms with Gasteiger partial charge in [-0.3, -0.25) is 9.20 Å². The number of ether oxygens (including phenoxy) is 1. The SMILES string of the molecule is COCCCCNCc1ccc2nc3sc(C(=O)N(C)CC(C)(C)C)cn3c2c1. The fraction of sp³-hybridized carbons (Fsp3) is 0.545. The lowest BCUT2D eigenvalue weighted by Crippen LogP contribution is -2.34. The number of nitrogens with zero attached hydrogens (tertiary/aromatic N) is 3. The van der Waals surface area contributed by atoms with E-state index in [1.807, 2.05) is 17.6 Å². The molecule has 0 atom stereocenters. The van der Waals surface area contributed by atoms with Gasteiger partial charge >= 0.3 is 0 Å². The van der Waals surface area contributed by atoms with Crippen molar-refractivity contribution in [2.24, 2.45) is 5.41 Å². The van der Waals surface area contributed by atoms with E-state index in [0.717, 1.165) is 53.4 Å². The Bertz CT molecular complexity index is 970. The van der Waals surface area contributed by atoms with Crippen molar-refractivity contribution in [2.45, 2.75) is 40.2 Å². The Kier molecular flexibility index (Phi) is 6.93. The number of carbonyl (C=O) groups is 1. The second-order valence-electron chi connectivity index (χ2n) is 8.78. The number of amides is 1. The van der Waals surface area contributed by atoms with Crippen LogP contribution in [0.3, 0.4) is 0 Å². The fourth-order valence-electron chi connectivity index (χ4n) is 3.46. The minimum absolute atomic E-state index is 0.0532. The normalized spacial score (nSPS) is 12.2.